The van der Waals surface area contributed by atoms with Gasteiger partial charge in [-0.3, -0.25) is 14.4 Å². The van der Waals surface area contributed by atoms with Gasteiger partial charge in [0.25, 0.3) is 11.8 Å². The Hall–Kier alpha value is -3.42. The van der Waals surface area contributed by atoms with Crippen LogP contribution in [0.2, 0.25) is 0 Å². The lowest BCUT2D eigenvalue weighted by molar-refractivity contribution is -0.154. The maximum Gasteiger partial charge on any atom is 0.308 e. The molecule has 0 saturated carbocycles. The highest BCUT2D eigenvalue weighted by molar-refractivity contribution is 5.98. The fourth-order valence-corrected chi connectivity index (χ4v) is 3.04. The third kappa shape index (κ3) is 5.56. The highest BCUT2D eigenvalue weighted by Gasteiger charge is 2.26. The van der Waals surface area contributed by atoms with E-state index in [-0.39, 0.29) is 31.3 Å². The summed E-state index contributed by atoms with van der Waals surface area (Å²) in [5.74, 6) is -0.968. The van der Waals surface area contributed by atoms with Gasteiger partial charge in [-0.05, 0) is 43.2 Å². The van der Waals surface area contributed by atoms with Gasteiger partial charge < -0.3 is 19.7 Å². The molecule has 2 aromatic carbocycles. The predicted molar refractivity (Wildman–Crippen MR) is 108 cm³/mol. The van der Waals surface area contributed by atoms with Crippen molar-refractivity contribution < 1.29 is 28.2 Å². The Balaban J connectivity index is 1.42. The second kappa shape index (κ2) is 9.87. The second-order valence-corrected chi connectivity index (χ2v) is 6.85. The van der Waals surface area contributed by atoms with E-state index < -0.39 is 18.0 Å². The van der Waals surface area contributed by atoms with E-state index in [0.29, 0.717) is 24.4 Å². The Morgan fingerprint density at radius 3 is 2.70 bits per heavy atom. The lowest BCUT2D eigenvalue weighted by atomic mass is 10.1. The normalized spacial score (nSPS) is 13.8. The van der Waals surface area contributed by atoms with E-state index in [9.17, 15) is 18.8 Å². The molecule has 2 aromatic rings. The number of nitrogens with one attached hydrogen (secondary N) is 1. The molecule has 30 heavy (non-hydrogen) atoms. The summed E-state index contributed by atoms with van der Waals surface area (Å²) in [6.07, 6.45) is -0.475. The number of hydrogen-bond acceptors (Lipinski definition) is 5. The molecule has 158 valence electrons. The van der Waals surface area contributed by atoms with E-state index in [1.807, 2.05) is 0 Å². The number of amides is 2. The zero-order chi connectivity index (χ0) is 21.5. The summed E-state index contributed by atoms with van der Waals surface area (Å²) in [7, 11) is 0. The van der Waals surface area contributed by atoms with Crippen LogP contribution in [0.25, 0.3) is 0 Å². The molecule has 0 saturated heterocycles. The average molecular weight is 414 g/mol. The summed E-state index contributed by atoms with van der Waals surface area (Å²) in [6.45, 7) is 1.88. The van der Waals surface area contributed by atoms with Gasteiger partial charge in [0, 0.05) is 13.1 Å². The minimum absolute atomic E-state index is 0.0483. The number of carbonyl (C=O) groups excluding carboxylic acids is 3. The molecule has 0 aliphatic carbocycles. The van der Waals surface area contributed by atoms with Crippen LogP contribution in [-0.4, -0.2) is 43.6 Å². The van der Waals surface area contributed by atoms with Crippen molar-refractivity contribution in [1.82, 2.24) is 5.32 Å². The lowest BCUT2D eigenvalue weighted by Gasteiger charge is -2.29. The summed E-state index contributed by atoms with van der Waals surface area (Å²) >= 11 is 0. The minimum atomic E-state index is -0.960. The molecule has 7 nitrogen and oxygen atoms in total. The zero-order valence-corrected chi connectivity index (χ0v) is 16.6. The number of fused-ring (bicyclic) bond motifs is 1. The second-order valence-electron chi connectivity index (χ2n) is 6.85. The maximum absolute atomic E-state index is 12.9. The van der Waals surface area contributed by atoms with Crippen molar-refractivity contribution in [3.63, 3.8) is 0 Å². The summed E-state index contributed by atoms with van der Waals surface area (Å²) < 4.78 is 23.4. The largest absolute Gasteiger partial charge is 0.482 e. The van der Waals surface area contributed by atoms with E-state index in [1.165, 1.54) is 24.0 Å². The number of benzene rings is 2. The Labute approximate surface area is 173 Å². The summed E-state index contributed by atoms with van der Waals surface area (Å²) in [4.78, 5) is 37.9. The van der Waals surface area contributed by atoms with Crippen molar-refractivity contribution in [2.24, 2.45) is 0 Å². The highest BCUT2D eigenvalue weighted by Crippen LogP contribution is 2.31. The number of halogens is 1. The molecule has 0 fully saturated rings. The molecular formula is C22H23FN2O5. The van der Waals surface area contributed by atoms with Crippen LogP contribution >= 0.6 is 0 Å². The Morgan fingerprint density at radius 2 is 1.93 bits per heavy atom. The number of hydrogen-bond donors (Lipinski definition) is 1. The third-order valence-electron chi connectivity index (χ3n) is 4.65. The van der Waals surface area contributed by atoms with Gasteiger partial charge in [-0.1, -0.05) is 24.3 Å². The average Bonchev–Trinajstić information content (AvgIpc) is 2.74. The topological polar surface area (TPSA) is 84.9 Å². The van der Waals surface area contributed by atoms with Gasteiger partial charge in [-0.15, -0.1) is 0 Å². The van der Waals surface area contributed by atoms with Crippen molar-refractivity contribution in [2.75, 3.05) is 24.6 Å². The van der Waals surface area contributed by atoms with Crippen molar-refractivity contribution >= 4 is 23.5 Å². The standard InChI is InChI=1S/C22H23FN2O5/c1-15(22(28)24-12-10-16-6-8-17(23)9-7-16)30-21(27)11-13-25-18-4-2-3-5-19(18)29-14-20(25)26/h2-9,15H,10-14H2,1H3,(H,24,28)/t15-/m0/s1. The van der Waals surface area contributed by atoms with E-state index in [0.717, 1.165) is 5.56 Å². The smallest absolute Gasteiger partial charge is 0.308 e. The number of anilines is 1. The quantitative estimate of drug-likeness (QED) is 0.670. The SMILES string of the molecule is C[C@H](OC(=O)CCN1C(=O)COc2ccccc21)C(=O)NCCc1ccc(F)cc1. The van der Waals surface area contributed by atoms with Crippen LogP contribution in [0.4, 0.5) is 10.1 Å². The molecule has 1 N–H and O–H groups in total. The third-order valence-corrected chi connectivity index (χ3v) is 4.65. The van der Waals surface area contributed by atoms with E-state index >= 15 is 0 Å². The number of rotatable bonds is 8. The van der Waals surface area contributed by atoms with Gasteiger partial charge in [-0.25, -0.2) is 4.39 Å². The molecule has 0 aromatic heterocycles. The zero-order valence-electron chi connectivity index (χ0n) is 16.6. The number of nitrogens with zero attached hydrogens (tertiary/aromatic N) is 1. The van der Waals surface area contributed by atoms with Gasteiger partial charge in [0.15, 0.2) is 12.7 Å². The molecule has 8 heteroatoms. The first-order valence-electron chi connectivity index (χ1n) is 9.68. The van der Waals surface area contributed by atoms with E-state index in [1.54, 1.807) is 36.4 Å². The van der Waals surface area contributed by atoms with Gasteiger partial charge in [0.05, 0.1) is 12.1 Å². The first kappa shape index (κ1) is 21.3. The van der Waals surface area contributed by atoms with Crippen LogP contribution in [-0.2, 0) is 25.5 Å². The van der Waals surface area contributed by atoms with Crippen LogP contribution in [0.5, 0.6) is 5.75 Å². The van der Waals surface area contributed by atoms with Crippen LogP contribution in [0.1, 0.15) is 18.9 Å². The molecule has 0 radical (unpaired) electrons. The van der Waals surface area contributed by atoms with Gasteiger partial charge in [0.1, 0.15) is 11.6 Å². The molecule has 1 heterocycles. The Morgan fingerprint density at radius 1 is 1.20 bits per heavy atom. The number of esters is 1. The fraction of sp³-hybridized carbons (Fsp3) is 0.318. The predicted octanol–water partition coefficient (Wildman–Crippen LogP) is 2.23. The minimum Gasteiger partial charge on any atom is -0.482 e. The molecule has 1 aliphatic heterocycles. The highest BCUT2D eigenvalue weighted by atomic mass is 19.1. The van der Waals surface area contributed by atoms with Gasteiger partial charge in [-0.2, -0.15) is 0 Å². The maximum atomic E-state index is 12.9. The van der Waals surface area contributed by atoms with Crippen molar-refractivity contribution in [1.29, 1.82) is 0 Å². The summed E-state index contributed by atoms with van der Waals surface area (Å²) in [5.41, 5.74) is 1.49. The number of para-hydroxylation sites is 2. The van der Waals surface area contributed by atoms with Crippen LogP contribution in [0.15, 0.2) is 48.5 Å². The van der Waals surface area contributed by atoms with Crippen LogP contribution in [0.3, 0.4) is 0 Å². The van der Waals surface area contributed by atoms with Crippen molar-refractivity contribution in [3.8, 4) is 5.75 Å². The molecule has 3 rings (SSSR count). The molecule has 0 spiro atoms. The van der Waals surface area contributed by atoms with E-state index in [2.05, 4.69) is 5.32 Å². The Bertz CT molecular complexity index is 916. The summed E-state index contributed by atoms with van der Waals surface area (Å²) in [6, 6.07) is 13.1. The molecule has 1 atom stereocenters. The number of ether oxygens (including phenoxy) is 2. The first-order valence-corrected chi connectivity index (χ1v) is 9.68. The summed E-state index contributed by atoms with van der Waals surface area (Å²) in [5, 5.41) is 2.69. The van der Waals surface area contributed by atoms with Crippen molar-refractivity contribution in [3.05, 3.63) is 59.9 Å². The van der Waals surface area contributed by atoms with Gasteiger partial charge >= 0.3 is 5.97 Å². The fourth-order valence-electron chi connectivity index (χ4n) is 3.04. The molecular weight excluding hydrogens is 391 g/mol. The lowest BCUT2D eigenvalue weighted by Crippen LogP contribution is -2.41. The first-order chi connectivity index (χ1) is 14.4. The van der Waals surface area contributed by atoms with E-state index in [4.69, 9.17) is 9.47 Å². The molecule has 1 aliphatic rings. The molecule has 2 amide bonds. The number of carbonyl (C=O) groups is 3. The van der Waals surface area contributed by atoms with Gasteiger partial charge in [0.2, 0.25) is 0 Å². The van der Waals surface area contributed by atoms with Crippen molar-refractivity contribution in [2.45, 2.75) is 25.9 Å². The van der Waals surface area contributed by atoms with Crippen LogP contribution < -0.4 is 15.0 Å². The molecule has 0 unspecified atom stereocenters. The van der Waals surface area contributed by atoms with Crippen LogP contribution in [0, 0.1) is 5.82 Å². The molecule has 0 bridgehead atoms. The monoisotopic (exact) mass is 414 g/mol. The Kier molecular flexibility index (Phi) is 7.00.